The van der Waals surface area contributed by atoms with Crippen LogP contribution in [0.15, 0.2) is 134 Å². The Labute approximate surface area is 267 Å². The van der Waals surface area contributed by atoms with Crippen LogP contribution >= 0.6 is 0 Å². The van der Waals surface area contributed by atoms with Crippen molar-refractivity contribution in [1.82, 2.24) is 4.90 Å². The quantitative estimate of drug-likeness (QED) is 0.0947. The maximum absolute atomic E-state index is 12.1. The number of carbonyl (C=O) groups is 1. The third-order valence-corrected chi connectivity index (χ3v) is 6.81. The van der Waals surface area contributed by atoms with Crippen molar-refractivity contribution >= 4 is 5.97 Å². The summed E-state index contributed by atoms with van der Waals surface area (Å²) in [6.07, 6.45) is 33.1. The van der Waals surface area contributed by atoms with Gasteiger partial charge < -0.3 is 14.4 Å². The van der Waals surface area contributed by atoms with E-state index in [4.69, 9.17) is 9.47 Å². The molecule has 4 nitrogen and oxygen atoms in total. The van der Waals surface area contributed by atoms with Gasteiger partial charge in [-0.3, -0.25) is 4.79 Å². The molecule has 0 fully saturated rings. The lowest BCUT2D eigenvalue weighted by atomic mass is 10.0. The fourth-order valence-corrected chi connectivity index (χ4v) is 4.31. The van der Waals surface area contributed by atoms with E-state index in [0.29, 0.717) is 32.6 Å². The van der Waals surface area contributed by atoms with Crippen LogP contribution in [0.1, 0.15) is 75.5 Å². The summed E-state index contributed by atoms with van der Waals surface area (Å²) in [5.41, 5.74) is 2.28. The minimum Gasteiger partial charge on any atom is -0.464 e. The first-order chi connectivity index (χ1) is 21.7. The predicted octanol–water partition coefficient (Wildman–Crippen LogP) is 9.75. The van der Waals surface area contributed by atoms with Gasteiger partial charge in [0, 0.05) is 19.5 Å². The summed E-state index contributed by atoms with van der Waals surface area (Å²) in [6, 6.07) is 20.6. The number of ether oxygens (including phenoxy) is 2. The number of hydrogen-bond acceptors (Lipinski definition) is 4. The summed E-state index contributed by atoms with van der Waals surface area (Å²) < 4.78 is 11.7. The molecule has 0 aliphatic heterocycles. The molecule has 0 amide bonds. The first-order valence-corrected chi connectivity index (χ1v) is 16.2. The average molecular weight is 596 g/mol. The van der Waals surface area contributed by atoms with Crippen molar-refractivity contribution in [3.63, 3.8) is 0 Å². The SMILES string of the molecule is CC/C=C\C/C=C\C/C=C\C/C=C\C/C=C\C/C=C\CCC(=O)OCCN(C)CCOC(c1ccccc1)c1ccccc1. The van der Waals surface area contributed by atoms with Gasteiger partial charge in [0.2, 0.25) is 0 Å². The van der Waals surface area contributed by atoms with Gasteiger partial charge in [-0.05, 0) is 63.1 Å². The van der Waals surface area contributed by atoms with Crippen LogP contribution in [0, 0.1) is 0 Å². The fraction of sp³-hybridized carbons (Fsp3) is 0.375. The van der Waals surface area contributed by atoms with Crippen LogP contribution in [-0.4, -0.2) is 44.2 Å². The number of allylic oxidation sites excluding steroid dienone is 12. The first-order valence-electron chi connectivity index (χ1n) is 16.2. The van der Waals surface area contributed by atoms with Crippen molar-refractivity contribution in [3.8, 4) is 0 Å². The molecule has 0 atom stereocenters. The number of nitrogens with zero attached hydrogens (tertiary/aromatic N) is 1. The monoisotopic (exact) mass is 595 g/mol. The molecule has 2 aromatic carbocycles. The Morgan fingerprint density at radius 2 is 1.07 bits per heavy atom. The molecule has 0 saturated carbocycles. The minimum atomic E-state index is -0.151. The molecule has 4 heteroatoms. The van der Waals surface area contributed by atoms with E-state index < -0.39 is 0 Å². The van der Waals surface area contributed by atoms with Crippen molar-refractivity contribution in [2.24, 2.45) is 0 Å². The van der Waals surface area contributed by atoms with Crippen molar-refractivity contribution in [3.05, 3.63) is 145 Å². The Hall–Kier alpha value is -3.73. The Balaban J connectivity index is 1.48. The highest BCUT2D eigenvalue weighted by Crippen LogP contribution is 2.25. The molecular weight excluding hydrogens is 542 g/mol. The molecular formula is C40H53NO3. The smallest absolute Gasteiger partial charge is 0.306 e. The maximum Gasteiger partial charge on any atom is 0.306 e. The maximum atomic E-state index is 12.1. The molecule has 0 spiro atoms. The number of hydrogen-bond donors (Lipinski definition) is 0. The molecule has 0 N–H and O–H groups in total. The molecule has 0 radical (unpaired) electrons. The van der Waals surface area contributed by atoms with E-state index in [0.717, 1.165) is 56.2 Å². The lowest BCUT2D eigenvalue weighted by molar-refractivity contribution is -0.143. The van der Waals surface area contributed by atoms with Crippen LogP contribution < -0.4 is 0 Å². The largest absolute Gasteiger partial charge is 0.464 e. The summed E-state index contributed by atoms with van der Waals surface area (Å²) in [7, 11) is 2.02. The molecule has 0 bridgehead atoms. The van der Waals surface area contributed by atoms with Crippen molar-refractivity contribution in [1.29, 1.82) is 0 Å². The lowest BCUT2D eigenvalue weighted by Crippen LogP contribution is -2.28. The van der Waals surface area contributed by atoms with Crippen molar-refractivity contribution in [2.75, 3.05) is 33.4 Å². The number of carbonyl (C=O) groups excluding carboxylic acids is 1. The van der Waals surface area contributed by atoms with E-state index in [2.05, 4.69) is 109 Å². The van der Waals surface area contributed by atoms with E-state index in [9.17, 15) is 4.79 Å². The number of benzene rings is 2. The third kappa shape index (κ3) is 18.7. The first kappa shape index (κ1) is 36.5. The Morgan fingerprint density at radius 1 is 0.636 bits per heavy atom. The second-order valence-electron chi connectivity index (χ2n) is 10.5. The van der Waals surface area contributed by atoms with Gasteiger partial charge in [0.1, 0.15) is 12.7 Å². The molecule has 2 rings (SSSR count). The van der Waals surface area contributed by atoms with Crippen LogP contribution in [-0.2, 0) is 14.3 Å². The van der Waals surface area contributed by atoms with Crippen LogP contribution in [0.2, 0.25) is 0 Å². The molecule has 236 valence electrons. The molecule has 0 aliphatic carbocycles. The molecule has 44 heavy (non-hydrogen) atoms. The highest BCUT2D eigenvalue weighted by atomic mass is 16.5. The second-order valence-corrected chi connectivity index (χ2v) is 10.5. The average Bonchev–Trinajstić information content (AvgIpc) is 3.05. The van der Waals surface area contributed by atoms with Gasteiger partial charge in [-0.15, -0.1) is 0 Å². The lowest BCUT2D eigenvalue weighted by Gasteiger charge is -2.22. The standard InChI is InChI=1S/C40H53NO3/c1-3-4-5-6-7-8-9-10-11-12-13-14-15-16-17-18-19-20-27-32-39(42)43-35-33-41(2)34-36-44-40(37-28-23-21-24-29-37)38-30-25-22-26-31-38/h4-5,7-8,10-11,13-14,16-17,19-26,28-31,40H,3,6,9,12,15,18,27,32-36H2,1-2H3/b5-4-,8-7-,11-10-,14-13-,17-16-,20-19-. The molecule has 0 aromatic heterocycles. The van der Waals surface area contributed by atoms with E-state index in [1.807, 2.05) is 43.4 Å². The van der Waals surface area contributed by atoms with E-state index in [-0.39, 0.29) is 12.1 Å². The summed E-state index contributed by atoms with van der Waals surface area (Å²) in [6.45, 7) is 4.56. The summed E-state index contributed by atoms with van der Waals surface area (Å²) in [4.78, 5) is 14.2. The summed E-state index contributed by atoms with van der Waals surface area (Å²) in [5.74, 6) is -0.151. The van der Waals surface area contributed by atoms with Gasteiger partial charge in [-0.2, -0.15) is 0 Å². The van der Waals surface area contributed by atoms with Crippen LogP contribution in [0.25, 0.3) is 0 Å². The van der Waals surface area contributed by atoms with Crippen LogP contribution in [0.4, 0.5) is 0 Å². The summed E-state index contributed by atoms with van der Waals surface area (Å²) >= 11 is 0. The zero-order valence-electron chi connectivity index (χ0n) is 26.9. The van der Waals surface area contributed by atoms with Crippen molar-refractivity contribution < 1.29 is 14.3 Å². The topological polar surface area (TPSA) is 38.8 Å². The van der Waals surface area contributed by atoms with Crippen LogP contribution in [0.5, 0.6) is 0 Å². The molecule has 0 heterocycles. The Kier molecular flexibility index (Phi) is 21.3. The number of esters is 1. The predicted molar refractivity (Wildman–Crippen MR) is 187 cm³/mol. The summed E-state index contributed by atoms with van der Waals surface area (Å²) in [5, 5.41) is 0. The van der Waals surface area contributed by atoms with Crippen LogP contribution in [0.3, 0.4) is 0 Å². The van der Waals surface area contributed by atoms with Gasteiger partial charge in [-0.1, -0.05) is 140 Å². The van der Waals surface area contributed by atoms with Gasteiger partial charge in [0.15, 0.2) is 0 Å². The van der Waals surface area contributed by atoms with E-state index >= 15 is 0 Å². The Morgan fingerprint density at radius 3 is 1.55 bits per heavy atom. The highest BCUT2D eigenvalue weighted by molar-refractivity contribution is 5.69. The van der Waals surface area contributed by atoms with Gasteiger partial charge >= 0.3 is 5.97 Å². The number of rotatable bonds is 23. The highest BCUT2D eigenvalue weighted by Gasteiger charge is 2.14. The van der Waals surface area contributed by atoms with Gasteiger partial charge in [0.25, 0.3) is 0 Å². The zero-order chi connectivity index (χ0) is 31.3. The van der Waals surface area contributed by atoms with E-state index in [1.165, 1.54) is 0 Å². The third-order valence-electron chi connectivity index (χ3n) is 6.81. The Bertz CT molecular complexity index is 1120. The van der Waals surface area contributed by atoms with Crippen molar-refractivity contribution in [2.45, 2.75) is 64.4 Å². The van der Waals surface area contributed by atoms with Gasteiger partial charge in [0.05, 0.1) is 6.61 Å². The molecule has 0 saturated heterocycles. The molecule has 2 aromatic rings. The second kappa shape index (κ2) is 25.7. The molecule has 0 unspecified atom stereocenters. The zero-order valence-corrected chi connectivity index (χ0v) is 26.9. The normalized spacial score (nSPS) is 12.5. The minimum absolute atomic E-state index is 0.0994. The van der Waals surface area contributed by atoms with Gasteiger partial charge in [-0.25, -0.2) is 0 Å². The number of likely N-dealkylation sites (N-methyl/N-ethyl adjacent to an activating group) is 1. The van der Waals surface area contributed by atoms with E-state index in [1.54, 1.807) is 0 Å². The fourth-order valence-electron chi connectivity index (χ4n) is 4.31. The molecule has 0 aliphatic rings.